The summed E-state index contributed by atoms with van der Waals surface area (Å²) >= 11 is 0. The summed E-state index contributed by atoms with van der Waals surface area (Å²) < 4.78 is 0. The molecular weight excluding hydrogens is 368 g/mol. The van der Waals surface area contributed by atoms with Gasteiger partial charge in [-0.05, 0) is 12.1 Å². The topological polar surface area (TPSA) is 103 Å². The predicted molar refractivity (Wildman–Crippen MR) is 110 cm³/mol. The van der Waals surface area contributed by atoms with Crippen molar-refractivity contribution in [2.45, 2.75) is 0 Å². The molecule has 3 N–H and O–H groups in total. The molecule has 6 nitrogen and oxygen atoms in total. The lowest BCUT2D eigenvalue weighted by atomic mass is 9.99. The number of ketones is 1. The summed E-state index contributed by atoms with van der Waals surface area (Å²) in [5.41, 5.74) is 1.48. The summed E-state index contributed by atoms with van der Waals surface area (Å²) in [7, 11) is 0. The maximum Gasteiger partial charge on any atom is 0.337 e. The molecule has 142 valence electrons. The number of nitrogens with zero attached hydrogens (tertiary/aromatic N) is 1. The highest BCUT2D eigenvalue weighted by Crippen LogP contribution is 2.29. The molecule has 0 spiro atoms. The third-order valence-electron chi connectivity index (χ3n) is 4.53. The van der Waals surface area contributed by atoms with E-state index in [0.717, 1.165) is 0 Å². The van der Waals surface area contributed by atoms with Gasteiger partial charge in [0.15, 0.2) is 0 Å². The zero-order valence-corrected chi connectivity index (χ0v) is 15.2. The molecular formula is C23H16N2O4. The van der Waals surface area contributed by atoms with Gasteiger partial charge in [0.1, 0.15) is 22.7 Å². The van der Waals surface area contributed by atoms with Crippen LogP contribution in [0.1, 0.15) is 32.1 Å². The number of H-pyrrole nitrogens is 1. The molecule has 0 aliphatic rings. The van der Waals surface area contributed by atoms with Crippen molar-refractivity contribution in [1.82, 2.24) is 9.97 Å². The van der Waals surface area contributed by atoms with Gasteiger partial charge in [-0.25, -0.2) is 9.78 Å². The van der Waals surface area contributed by atoms with Crippen LogP contribution >= 0.6 is 0 Å². The van der Waals surface area contributed by atoms with E-state index < -0.39 is 11.8 Å². The molecule has 0 fully saturated rings. The number of fused-ring (bicyclic) bond motifs is 1. The Kier molecular flexibility index (Phi) is 4.66. The monoisotopic (exact) mass is 384 g/mol. The van der Waals surface area contributed by atoms with Gasteiger partial charge in [-0.15, -0.1) is 0 Å². The number of allylic oxidation sites excluding steroid dienone is 1. The van der Waals surface area contributed by atoms with Crippen LogP contribution in [0.5, 0.6) is 0 Å². The number of aromatic carboxylic acids is 1. The lowest BCUT2D eigenvalue weighted by Gasteiger charge is -2.09. The summed E-state index contributed by atoms with van der Waals surface area (Å²) in [6.07, 6.45) is 0. The van der Waals surface area contributed by atoms with Crippen LogP contribution < -0.4 is 0 Å². The second-order valence-electron chi connectivity index (χ2n) is 6.38. The number of imidazole rings is 1. The summed E-state index contributed by atoms with van der Waals surface area (Å²) in [6.45, 7) is 0. The van der Waals surface area contributed by atoms with Gasteiger partial charge in [0.25, 0.3) is 0 Å². The fraction of sp³-hybridized carbons (Fsp3) is 0. The van der Waals surface area contributed by atoms with E-state index in [-0.39, 0.29) is 28.2 Å². The van der Waals surface area contributed by atoms with Crippen LogP contribution in [0.4, 0.5) is 0 Å². The predicted octanol–water partition coefficient (Wildman–Crippen LogP) is 4.57. The van der Waals surface area contributed by atoms with E-state index in [2.05, 4.69) is 9.97 Å². The number of carboxylic acid groups (broad SMARTS) is 1. The lowest BCUT2D eigenvalue weighted by Crippen LogP contribution is -2.07. The van der Waals surface area contributed by atoms with Crippen LogP contribution in [0, 0.1) is 0 Å². The number of aromatic nitrogens is 2. The zero-order chi connectivity index (χ0) is 20.4. The van der Waals surface area contributed by atoms with Crippen LogP contribution in [0.15, 0.2) is 78.9 Å². The average molecular weight is 384 g/mol. The molecule has 0 unspecified atom stereocenters. The van der Waals surface area contributed by atoms with Crippen LogP contribution in [0.3, 0.4) is 0 Å². The second-order valence-corrected chi connectivity index (χ2v) is 6.38. The lowest BCUT2D eigenvalue weighted by molar-refractivity contribution is 0.0698. The van der Waals surface area contributed by atoms with Gasteiger partial charge < -0.3 is 15.2 Å². The Balaban J connectivity index is 1.97. The molecule has 0 aliphatic heterocycles. The van der Waals surface area contributed by atoms with Crippen LogP contribution in [0.25, 0.3) is 22.4 Å². The first-order chi connectivity index (χ1) is 14.1. The van der Waals surface area contributed by atoms with Gasteiger partial charge in [0.05, 0.1) is 11.1 Å². The first-order valence-corrected chi connectivity index (χ1v) is 8.87. The molecule has 0 aliphatic carbocycles. The highest BCUT2D eigenvalue weighted by molar-refractivity contribution is 6.33. The number of aliphatic hydroxyl groups excluding tert-OH is 1. The SMILES string of the molecule is O=C(/C(=C(/O)c1ccccc1)c1nc2c(C(=O)O)cccc2[nH]1)c1ccccc1. The fourth-order valence-corrected chi connectivity index (χ4v) is 3.12. The molecule has 1 aromatic heterocycles. The Morgan fingerprint density at radius 1 is 0.759 bits per heavy atom. The van der Waals surface area contributed by atoms with Gasteiger partial charge in [0, 0.05) is 11.1 Å². The maximum atomic E-state index is 13.3. The number of nitrogens with one attached hydrogen (secondary N) is 1. The quantitative estimate of drug-likeness (QED) is 0.266. The Hall–Kier alpha value is -4.19. The van der Waals surface area contributed by atoms with Crippen molar-refractivity contribution in [2.24, 2.45) is 0 Å². The molecule has 1 heterocycles. The van der Waals surface area contributed by atoms with Gasteiger partial charge >= 0.3 is 5.97 Å². The van der Waals surface area contributed by atoms with Crippen molar-refractivity contribution < 1.29 is 19.8 Å². The van der Waals surface area contributed by atoms with Gasteiger partial charge in [-0.2, -0.15) is 0 Å². The van der Waals surface area contributed by atoms with Crippen LogP contribution in [-0.4, -0.2) is 31.9 Å². The van der Waals surface area contributed by atoms with E-state index in [1.165, 1.54) is 6.07 Å². The maximum absolute atomic E-state index is 13.3. The first kappa shape index (κ1) is 18.2. The average Bonchev–Trinajstić information content (AvgIpc) is 3.18. The Morgan fingerprint density at radius 2 is 1.38 bits per heavy atom. The summed E-state index contributed by atoms with van der Waals surface area (Å²) in [6, 6.07) is 21.9. The van der Waals surface area contributed by atoms with Crippen LogP contribution in [-0.2, 0) is 0 Å². The largest absolute Gasteiger partial charge is 0.506 e. The van der Waals surface area contributed by atoms with Crippen molar-refractivity contribution in [1.29, 1.82) is 0 Å². The van der Waals surface area contributed by atoms with E-state index in [0.29, 0.717) is 16.6 Å². The van der Waals surface area contributed by atoms with E-state index in [1.807, 2.05) is 0 Å². The molecule has 0 saturated heterocycles. The number of para-hydroxylation sites is 1. The molecule has 4 rings (SSSR count). The molecule has 0 saturated carbocycles. The van der Waals surface area contributed by atoms with Gasteiger partial charge in [0.2, 0.25) is 5.78 Å². The molecule has 4 aromatic rings. The highest BCUT2D eigenvalue weighted by Gasteiger charge is 2.24. The minimum atomic E-state index is -1.12. The van der Waals surface area contributed by atoms with Crippen LogP contribution in [0.2, 0.25) is 0 Å². The van der Waals surface area contributed by atoms with E-state index >= 15 is 0 Å². The Labute approximate surface area is 165 Å². The molecule has 29 heavy (non-hydrogen) atoms. The van der Waals surface area contributed by atoms with Gasteiger partial charge in [-0.1, -0.05) is 66.7 Å². The minimum absolute atomic E-state index is 0.00992. The standard InChI is InChI=1S/C23H16N2O4/c26-20(14-8-3-1-4-9-14)18(21(27)15-10-5-2-6-11-15)22-24-17-13-7-12-16(23(28)29)19(17)25-22/h1-13,26H,(H,24,25)(H,28,29)/b20-18-. The number of aliphatic hydroxyl groups is 1. The van der Waals surface area contributed by atoms with Crippen molar-refractivity contribution in [2.75, 3.05) is 0 Å². The number of carbonyl (C=O) groups is 2. The number of carboxylic acids is 1. The van der Waals surface area contributed by atoms with Crippen molar-refractivity contribution in [3.05, 3.63) is 101 Å². The summed E-state index contributed by atoms with van der Waals surface area (Å²) in [5, 5.41) is 20.4. The summed E-state index contributed by atoms with van der Waals surface area (Å²) in [5.74, 6) is -1.69. The zero-order valence-electron chi connectivity index (χ0n) is 15.2. The molecule has 6 heteroatoms. The molecule has 0 amide bonds. The van der Waals surface area contributed by atoms with Crippen molar-refractivity contribution in [3.63, 3.8) is 0 Å². The van der Waals surface area contributed by atoms with Crippen molar-refractivity contribution in [3.8, 4) is 0 Å². The number of Topliss-reactive ketones (excluding diaryl/α,β-unsaturated/α-hetero) is 1. The number of hydrogen-bond donors (Lipinski definition) is 3. The third-order valence-corrected chi connectivity index (χ3v) is 4.53. The minimum Gasteiger partial charge on any atom is -0.506 e. The number of aromatic amines is 1. The molecule has 0 bridgehead atoms. The molecule has 0 radical (unpaired) electrons. The highest BCUT2D eigenvalue weighted by atomic mass is 16.4. The van der Waals surface area contributed by atoms with E-state index in [1.54, 1.807) is 72.8 Å². The summed E-state index contributed by atoms with van der Waals surface area (Å²) in [4.78, 5) is 32.1. The molecule has 0 atom stereocenters. The number of benzene rings is 3. The first-order valence-electron chi connectivity index (χ1n) is 8.87. The Bertz CT molecular complexity index is 1240. The molecule has 3 aromatic carbocycles. The van der Waals surface area contributed by atoms with E-state index in [9.17, 15) is 19.8 Å². The van der Waals surface area contributed by atoms with Gasteiger partial charge in [-0.3, -0.25) is 4.79 Å². The number of rotatable bonds is 5. The third kappa shape index (κ3) is 3.39. The number of hydrogen-bond acceptors (Lipinski definition) is 4. The smallest absolute Gasteiger partial charge is 0.337 e. The second kappa shape index (κ2) is 7.44. The van der Waals surface area contributed by atoms with E-state index in [4.69, 9.17) is 0 Å². The Morgan fingerprint density at radius 3 is 2.00 bits per heavy atom. The van der Waals surface area contributed by atoms with Crippen molar-refractivity contribution >= 4 is 34.1 Å². The number of carbonyl (C=O) groups excluding carboxylic acids is 1. The normalized spacial score (nSPS) is 11.9. The fourth-order valence-electron chi connectivity index (χ4n) is 3.12.